The molecule has 4 heteroatoms. The zero-order valence-corrected chi connectivity index (χ0v) is 19.4. The molecule has 2 aromatic carbocycles. The molecule has 2 aliphatic rings. The maximum absolute atomic E-state index is 12.3. The van der Waals surface area contributed by atoms with Gasteiger partial charge in [0.15, 0.2) is 0 Å². The number of carbonyl (C=O) groups is 1. The lowest BCUT2D eigenvalue weighted by Crippen LogP contribution is -2.38. The SMILES string of the molecule is C=CC[C@@H]1CC[C@H]1CN1Cc2ccc(C)cc2CCCCOc2ccc(C(=O)OC)cc21. The lowest BCUT2D eigenvalue weighted by Gasteiger charge is -2.41. The number of nitrogens with zero attached hydrogens (tertiary/aromatic N) is 1. The van der Waals surface area contributed by atoms with Crippen molar-refractivity contribution in [2.24, 2.45) is 11.8 Å². The van der Waals surface area contributed by atoms with Gasteiger partial charge in [-0.15, -0.1) is 6.58 Å². The molecule has 4 nitrogen and oxygen atoms in total. The lowest BCUT2D eigenvalue weighted by atomic mass is 9.71. The highest BCUT2D eigenvalue weighted by Crippen LogP contribution is 2.40. The second kappa shape index (κ2) is 10.2. The van der Waals surface area contributed by atoms with Crippen LogP contribution in [0.15, 0.2) is 49.1 Å². The van der Waals surface area contributed by atoms with Crippen molar-refractivity contribution >= 4 is 11.7 Å². The number of hydrogen-bond donors (Lipinski definition) is 0. The van der Waals surface area contributed by atoms with E-state index in [0.29, 0.717) is 24.0 Å². The molecule has 0 unspecified atom stereocenters. The number of ether oxygens (including phenoxy) is 2. The molecule has 1 saturated carbocycles. The van der Waals surface area contributed by atoms with Crippen LogP contribution in [0, 0.1) is 18.8 Å². The molecule has 1 aliphatic carbocycles. The van der Waals surface area contributed by atoms with Gasteiger partial charge in [0.1, 0.15) is 5.75 Å². The summed E-state index contributed by atoms with van der Waals surface area (Å²) in [6, 6.07) is 12.5. The number of methoxy groups -OCH3 is 1. The molecule has 1 fully saturated rings. The summed E-state index contributed by atoms with van der Waals surface area (Å²) in [5.41, 5.74) is 5.66. The standard InChI is InChI=1S/C28H35NO3/c1-4-7-21-11-12-24(21)18-29-19-25-10-9-20(2)16-22(25)8-5-6-15-32-27-14-13-23(17-26(27)29)28(30)31-3/h4,9-10,13-14,16-17,21,24H,1,5-8,11-12,15,18-19H2,2-3H3/t21-,24+/m1/s1. The summed E-state index contributed by atoms with van der Waals surface area (Å²) in [6.45, 7) is 8.57. The van der Waals surface area contributed by atoms with Crippen molar-refractivity contribution in [1.29, 1.82) is 0 Å². The fourth-order valence-electron chi connectivity index (χ4n) is 5.01. The predicted octanol–water partition coefficient (Wildman–Crippen LogP) is 6.11. The molecule has 0 spiro atoms. The van der Waals surface area contributed by atoms with Crippen LogP contribution < -0.4 is 9.64 Å². The van der Waals surface area contributed by atoms with Crippen molar-refractivity contribution in [3.63, 3.8) is 0 Å². The molecule has 0 radical (unpaired) electrons. The molecule has 2 atom stereocenters. The van der Waals surface area contributed by atoms with Crippen LogP contribution in [-0.4, -0.2) is 26.2 Å². The van der Waals surface area contributed by atoms with Crippen molar-refractivity contribution in [1.82, 2.24) is 0 Å². The molecule has 0 bridgehead atoms. The second-order valence-corrected chi connectivity index (χ2v) is 9.25. The van der Waals surface area contributed by atoms with E-state index in [2.05, 4.69) is 36.6 Å². The van der Waals surface area contributed by atoms with Crippen LogP contribution in [0.25, 0.3) is 0 Å². The van der Waals surface area contributed by atoms with Gasteiger partial charge in [0.2, 0.25) is 0 Å². The van der Waals surface area contributed by atoms with Gasteiger partial charge in [-0.1, -0.05) is 29.8 Å². The summed E-state index contributed by atoms with van der Waals surface area (Å²) in [7, 11) is 1.43. The highest BCUT2D eigenvalue weighted by molar-refractivity contribution is 5.91. The van der Waals surface area contributed by atoms with E-state index in [9.17, 15) is 4.79 Å². The van der Waals surface area contributed by atoms with Gasteiger partial charge in [-0.3, -0.25) is 0 Å². The minimum absolute atomic E-state index is 0.314. The van der Waals surface area contributed by atoms with Crippen molar-refractivity contribution in [2.45, 2.75) is 52.0 Å². The number of hydrogen-bond acceptors (Lipinski definition) is 4. The van der Waals surface area contributed by atoms with Gasteiger partial charge in [0.25, 0.3) is 0 Å². The van der Waals surface area contributed by atoms with Gasteiger partial charge in [0, 0.05) is 13.1 Å². The molecular formula is C28H35NO3. The molecule has 0 saturated heterocycles. The zero-order chi connectivity index (χ0) is 22.5. The van der Waals surface area contributed by atoms with Crippen molar-refractivity contribution in [3.05, 3.63) is 71.3 Å². The fourth-order valence-corrected chi connectivity index (χ4v) is 5.01. The molecule has 1 aliphatic heterocycles. The van der Waals surface area contributed by atoms with Crippen LogP contribution in [0.2, 0.25) is 0 Å². The number of benzene rings is 2. The largest absolute Gasteiger partial charge is 0.491 e. The van der Waals surface area contributed by atoms with Gasteiger partial charge in [-0.05, 0) is 86.6 Å². The first-order valence-electron chi connectivity index (χ1n) is 11.9. The number of anilines is 1. The van der Waals surface area contributed by atoms with Crippen LogP contribution in [-0.2, 0) is 17.7 Å². The van der Waals surface area contributed by atoms with Crippen LogP contribution in [0.4, 0.5) is 5.69 Å². The van der Waals surface area contributed by atoms with Gasteiger partial charge in [-0.25, -0.2) is 4.79 Å². The van der Waals surface area contributed by atoms with E-state index in [1.165, 1.54) is 36.6 Å². The fraction of sp³-hybridized carbons (Fsp3) is 0.464. The van der Waals surface area contributed by atoms with E-state index in [-0.39, 0.29) is 5.97 Å². The predicted molar refractivity (Wildman–Crippen MR) is 129 cm³/mol. The minimum atomic E-state index is -0.314. The van der Waals surface area contributed by atoms with Crippen LogP contribution in [0.5, 0.6) is 5.75 Å². The Balaban J connectivity index is 1.74. The first-order chi connectivity index (χ1) is 15.6. The summed E-state index contributed by atoms with van der Waals surface area (Å²) in [4.78, 5) is 14.7. The molecule has 0 aromatic heterocycles. The highest BCUT2D eigenvalue weighted by Gasteiger charge is 2.32. The lowest BCUT2D eigenvalue weighted by molar-refractivity contribution is 0.0600. The quantitative estimate of drug-likeness (QED) is 0.421. The van der Waals surface area contributed by atoms with Crippen molar-refractivity contribution in [3.8, 4) is 5.75 Å². The molecule has 4 rings (SSSR count). The Hall–Kier alpha value is -2.75. The van der Waals surface area contributed by atoms with Crippen LogP contribution in [0.3, 0.4) is 0 Å². The van der Waals surface area contributed by atoms with Crippen molar-refractivity contribution in [2.75, 3.05) is 25.2 Å². The normalized spacial score (nSPS) is 20.6. The third kappa shape index (κ3) is 5.01. The Bertz CT molecular complexity index is 967. The van der Waals surface area contributed by atoms with E-state index in [1.807, 2.05) is 24.3 Å². The van der Waals surface area contributed by atoms with Crippen LogP contribution >= 0.6 is 0 Å². The third-order valence-corrected chi connectivity index (χ3v) is 7.04. The number of esters is 1. The highest BCUT2D eigenvalue weighted by atomic mass is 16.5. The van der Waals surface area contributed by atoms with Gasteiger partial charge >= 0.3 is 5.97 Å². The van der Waals surface area contributed by atoms with E-state index < -0.39 is 0 Å². The average molecular weight is 434 g/mol. The van der Waals surface area contributed by atoms with Gasteiger partial charge < -0.3 is 14.4 Å². The van der Waals surface area contributed by atoms with E-state index in [0.717, 1.165) is 50.2 Å². The Morgan fingerprint density at radius 2 is 2.00 bits per heavy atom. The molecule has 1 heterocycles. The Morgan fingerprint density at radius 1 is 1.16 bits per heavy atom. The van der Waals surface area contributed by atoms with E-state index in [1.54, 1.807) is 0 Å². The number of carbonyl (C=O) groups excluding carboxylic acids is 1. The summed E-state index contributed by atoms with van der Waals surface area (Å²) in [6.07, 6.45) is 8.81. The number of fused-ring (bicyclic) bond motifs is 2. The summed E-state index contributed by atoms with van der Waals surface area (Å²) in [5, 5.41) is 0. The number of aryl methyl sites for hydroxylation is 2. The average Bonchev–Trinajstić information content (AvgIpc) is 2.82. The van der Waals surface area contributed by atoms with Gasteiger partial charge in [0.05, 0.1) is 25.0 Å². The monoisotopic (exact) mass is 433 g/mol. The number of allylic oxidation sites excluding steroid dienone is 1. The van der Waals surface area contributed by atoms with Gasteiger partial charge in [-0.2, -0.15) is 0 Å². The summed E-state index contributed by atoms with van der Waals surface area (Å²) in [5.74, 6) is 1.86. The minimum Gasteiger partial charge on any atom is -0.491 e. The Kier molecular flexibility index (Phi) is 7.19. The summed E-state index contributed by atoms with van der Waals surface area (Å²) >= 11 is 0. The molecule has 0 amide bonds. The Labute approximate surface area is 192 Å². The zero-order valence-electron chi connectivity index (χ0n) is 19.4. The first-order valence-corrected chi connectivity index (χ1v) is 11.9. The van der Waals surface area contributed by atoms with E-state index >= 15 is 0 Å². The molecule has 2 aromatic rings. The Morgan fingerprint density at radius 3 is 2.75 bits per heavy atom. The maximum Gasteiger partial charge on any atom is 0.337 e. The second-order valence-electron chi connectivity index (χ2n) is 9.25. The molecule has 170 valence electrons. The van der Waals surface area contributed by atoms with E-state index in [4.69, 9.17) is 9.47 Å². The summed E-state index contributed by atoms with van der Waals surface area (Å²) < 4.78 is 11.2. The third-order valence-electron chi connectivity index (χ3n) is 7.04. The molecule has 0 N–H and O–H groups in total. The maximum atomic E-state index is 12.3. The molecule has 32 heavy (non-hydrogen) atoms. The topological polar surface area (TPSA) is 38.8 Å². The first kappa shape index (κ1) is 22.4. The smallest absolute Gasteiger partial charge is 0.337 e. The number of rotatable bonds is 5. The van der Waals surface area contributed by atoms with Crippen LogP contribution in [0.1, 0.15) is 59.2 Å². The molecular weight excluding hydrogens is 398 g/mol. The van der Waals surface area contributed by atoms with Crippen molar-refractivity contribution < 1.29 is 14.3 Å².